The second kappa shape index (κ2) is 7.59. The van der Waals surface area contributed by atoms with Gasteiger partial charge >= 0.3 is 0 Å². The third kappa shape index (κ3) is 5.16. The number of fused-ring (bicyclic) bond motifs is 1. The van der Waals surface area contributed by atoms with Crippen LogP contribution < -0.4 is 11.1 Å². The first-order valence-electron chi connectivity index (χ1n) is 6.30. The van der Waals surface area contributed by atoms with E-state index in [0.717, 1.165) is 16.6 Å². The van der Waals surface area contributed by atoms with Crippen molar-refractivity contribution in [3.05, 3.63) is 41.6 Å². The quantitative estimate of drug-likeness (QED) is 0.909. The Morgan fingerprint density at radius 3 is 2.52 bits per heavy atom. The minimum Gasteiger partial charge on any atom is -0.350 e. The predicted octanol–water partition coefficient (Wildman–Crippen LogP) is 2.85. The number of pyridine rings is 1. The molecule has 0 aliphatic heterocycles. The predicted molar refractivity (Wildman–Crippen MR) is 91.6 cm³/mol. The molecule has 0 unspecified atom stereocenters. The number of para-hydroxylation sites is 1. The lowest BCUT2D eigenvalue weighted by Crippen LogP contribution is -2.45. The van der Waals surface area contributed by atoms with E-state index >= 15 is 0 Å². The molecule has 0 fully saturated rings. The van der Waals surface area contributed by atoms with E-state index in [2.05, 4.69) is 10.3 Å². The molecule has 21 heavy (non-hydrogen) atoms. The molecule has 116 valence electrons. The van der Waals surface area contributed by atoms with Gasteiger partial charge in [-0.05, 0) is 32.9 Å². The van der Waals surface area contributed by atoms with E-state index < -0.39 is 5.54 Å². The summed E-state index contributed by atoms with van der Waals surface area (Å²) in [5.41, 5.74) is 7.76. The lowest BCUT2D eigenvalue weighted by molar-refractivity contribution is 0.0947. The summed E-state index contributed by atoms with van der Waals surface area (Å²) in [5, 5.41) is 3.73. The number of amides is 1. The molecule has 0 aliphatic rings. The zero-order valence-corrected chi connectivity index (χ0v) is 14.0. The van der Waals surface area contributed by atoms with Gasteiger partial charge in [-0.1, -0.05) is 18.2 Å². The maximum atomic E-state index is 12.3. The van der Waals surface area contributed by atoms with Crippen molar-refractivity contribution < 1.29 is 4.79 Å². The summed E-state index contributed by atoms with van der Waals surface area (Å²) in [6.45, 7) is 6.07. The molecule has 6 heteroatoms. The highest BCUT2D eigenvalue weighted by Gasteiger charge is 2.15. The normalized spacial score (nSPS) is 10.5. The van der Waals surface area contributed by atoms with Crippen LogP contribution in [-0.2, 0) is 0 Å². The third-order valence-electron chi connectivity index (χ3n) is 2.79. The second-order valence-electron chi connectivity index (χ2n) is 5.50. The number of rotatable bonds is 3. The molecule has 4 nitrogen and oxygen atoms in total. The lowest BCUT2D eigenvalue weighted by atomic mass is 10.1. The van der Waals surface area contributed by atoms with E-state index in [1.54, 1.807) is 6.07 Å². The average molecular weight is 330 g/mol. The summed E-state index contributed by atoms with van der Waals surface area (Å²) in [7, 11) is 0. The van der Waals surface area contributed by atoms with Crippen LogP contribution >= 0.6 is 24.8 Å². The summed E-state index contributed by atoms with van der Waals surface area (Å²) in [5.74, 6) is -0.111. The van der Waals surface area contributed by atoms with Crippen molar-refractivity contribution in [2.24, 2.45) is 5.73 Å². The van der Waals surface area contributed by atoms with E-state index in [0.29, 0.717) is 12.1 Å². The van der Waals surface area contributed by atoms with Crippen molar-refractivity contribution in [3.8, 4) is 0 Å². The van der Waals surface area contributed by atoms with Crippen molar-refractivity contribution >= 4 is 41.6 Å². The Hall–Kier alpha value is -1.36. The third-order valence-corrected chi connectivity index (χ3v) is 2.79. The first-order chi connectivity index (χ1) is 8.87. The average Bonchev–Trinajstić information content (AvgIpc) is 2.34. The van der Waals surface area contributed by atoms with Crippen LogP contribution in [0.2, 0.25) is 0 Å². The molecule has 2 aromatic rings. The number of benzene rings is 1. The standard InChI is InChI=1S/C15H19N3O.2ClH/c1-10-8-12(14(19)17-9-15(2,3)16)11-6-4-5-7-13(11)18-10;;/h4-8H,9,16H2,1-3H3,(H,17,19);2*1H. The molecule has 1 aromatic carbocycles. The van der Waals surface area contributed by atoms with Gasteiger partial charge in [0.2, 0.25) is 0 Å². The molecule has 0 radical (unpaired) electrons. The summed E-state index contributed by atoms with van der Waals surface area (Å²) >= 11 is 0. The smallest absolute Gasteiger partial charge is 0.252 e. The molecular formula is C15H21Cl2N3O. The van der Waals surface area contributed by atoms with Crippen LogP contribution in [0.4, 0.5) is 0 Å². The summed E-state index contributed by atoms with van der Waals surface area (Å²) in [6, 6.07) is 9.44. The monoisotopic (exact) mass is 329 g/mol. The molecule has 0 saturated heterocycles. The maximum Gasteiger partial charge on any atom is 0.252 e. The van der Waals surface area contributed by atoms with Gasteiger partial charge < -0.3 is 11.1 Å². The number of nitrogens with two attached hydrogens (primary N) is 1. The number of carbonyl (C=O) groups excluding carboxylic acids is 1. The van der Waals surface area contributed by atoms with Gasteiger partial charge in [0.1, 0.15) is 0 Å². The molecule has 1 amide bonds. The van der Waals surface area contributed by atoms with Crippen molar-refractivity contribution in [1.82, 2.24) is 10.3 Å². The first-order valence-corrected chi connectivity index (χ1v) is 6.30. The highest BCUT2D eigenvalue weighted by molar-refractivity contribution is 6.06. The van der Waals surface area contributed by atoms with Crippen molar-refractivity contribution in [1.29, 1.82) is 0 Å². The van der Waals surface area contributed by atoms with Gasteiger partial charge in [-0.25, -0.2) is 0 Å². The number of hydrogen-bond acceptors (Lipinski definition) is 3. The van der Waals surface area contributed by atoms with Crippen molar-refractivity contribution in [2.75, 3.05) is 6.54 Å². The zero-order valence-electron chi connectivity index (χ0n) is 12.3. The van der Waals surface area contributed by atoms with E-state index in [-0.39, 0.29) is 30.7 Å². The number of carbonyl (C=O) groups is 1. The largest absolute Gasteiger partial charge is 0.350 e. The van der Waals surface area contributed by atoms with Gasteiger partial charge in [0, 0.05) is 23.2 Å². The Morgan fingerprint density at radius 2 is 1.90 bits per heavy atom. The Labute approximate surface area is 137 Å². The molecule has 3 N–H and O–H groups in total. The fourth-order valence-corrected chi connectivity index (χ4v) is 1.90. The van der Waals surface area contributed by atoms with Gasteiger partial charge in [-0.3, -0.25) is 9.78 Å². The minimum absolute atomic E-state index is 0. The lowest BCUT2D eigenvalue weighted by Gasteiger charge is -2.19. The molecule has 2 rings (SSSR count). The van der Waals surface area contributed by atoms with Crippen LogP contribution in [0.25, 0.3) is 10.9 Å². The van der Waals surface area contributed by atoms with Crippen LogP contribution in [0.15, 0.2) is 30.3 Å². The Kier molecular flexibility index (Phi) is 7.10. The Balaban J connectivity index is 0.00000200. The summed E-state index contributed by atoms with van der Waals surface area (Å²) < 4.78 is 0. The molecule has 0 bridgehead atoms. The van der Waals surface area contributed by atoms with Crippen LogP contribution in [0.1, 0.15) is 29.9 Å². The van der Waals surface area contributed by atoms with Gasteiger partial charge in [-0.15, -0.1) is 24.8 Å². The molecule has 1 aromatic heterocycles. The molecule has 0 saturated carbocycles. The molecule has 0 aliphatic carbocycles. The number of aryl methyl sites for hydroxylation is 1. The molecule has 1 heterocycles. The molecule has 0 atom stereocenters. The van der Waals surface area contributed by atoms with Crippen LogP contribution in [0.3, 0.4) is 0 Å². The molecular weight excluding hydrogens is 309 g/mol. The molecule has 0 spiro atoms. The maximum absolute atomic E-state index is 12.3. The Bertz CT molecular complexity index is 624. The van der Waals surface area contributed by atoms with E-state index in [4.69, 9.17) is 5.73 Å². The van der Waals surface area contributed by atoms with Gasteiger partial charge in [0.15, 0.2) is 0 Å². The fraction of sp³-hybridized carbons (Fsp3) is 0.333. The SMILES string of the molecule is Cc1cc(C(=O)NCC(C)(C)N)c2ccccc2n1.Cl.Cl. The zero-order chi connectivity index (χ0) is 14.0. The van der Waals surface area contributed by atoms with Gasteiger partial charge in [0.05, 0.1) is 11.1 Å². The number of aromatic nitrogens is 1. The fourth-order valence-electron chi connectivity index (χ4n) is 1.90. The number of nitrogens with zero attached hydrogens (tertiary/aromatic N) is 1. The van der Waals surface area contributed by atoms with Crippen LogP contribution in [0.5, 0.6) is 0 Å². The van der Waals surface area contributed by atoms with Crippen LogP contribution in [0, 0.1) is 6.92 Å². The minimum atomic E-state index is -0.423. The number of hydrogen-bond donors (Lipinski definition) is 2. The van der Waals surface area contributed by atoms with Crippen molar-refractivity contribution in [2.45, 2.75) is 26.3 Å². The first kappa shape index (κ1) is 19.6. The number of halogens is 2. The topological polar surface area (TPSA) is 68.0 Å². The van der Waals surface area contributed by atoms with E-state index in [9.17, 15) is 4.79 Å². The second-order valence-corrected chi connectivity index (χ2v) is 5.50. The highest BCUT2D eigenvalue weighted by Crippen LogP contribution is 2.18. The Morgan fingerprint density at radius 1 is 1.29 bits per heavy atom. The summed E-state index contributed by atoms with van der Waals surface area (Å²) in [6.07, 6.45) is 0. The highest BCUT2D eigenvalue weighted by atomic mass is 35.5. The van der Waals surface area contributed by atoms with Crippen molar-refractivity contribution in [3.63, 3.8) is 0 Å². The van der Waals surface area contributed by atoms with E-state index in [1.165, 1.54) is 0 Å². The van der Waals surface area contributed by atoms with E-state index in [1.807, 2.05) is 45.0 Å². The van der Waals surface area contributed by atoms with Crippen LogP contribution in [-0.4, -0.2) is 23.0 Å². The van der Waals surface area contributed by atoms with Gasteiger partial charge in [-0.2, -0.15) is 0 Å². The van der Waals surface area contributed by atoms with Gasteiger partial charge in [0.25, 0.3) is 5.91 Å². The summed E-state index contributed by atoms with van der Waals surface area (Å²) in [4.78, 5) is 16.7. The number of nitrogens with one attached hydrogen (secondary N) is 1.